The monoisotopic (exact) mass is 1360 g/mol. The molecule has 92 heavy (non-hydrogen) atoms. The molecule has 8 aromatic rings. The zero-order valence-corrected chi connectivity index (χ0v) is 46.6. The zero-order valence-electron chi connectivity index (χ0n) is 44.8. The SMILES string of the molecule is C.C.C.C.C.C.C.C.C.C.C.C.C.C.C.C.C.C.C/C=C/NCNCn1cc(C)nn1.CCc1cn(C)nn1.CCn1cc(C)nn1.CN/C=C/CNCc1cn(C)nn1.Cc1cn(CN)nn1.Cc1cn(CS)nn1.Cn1cc(CN)nn1.Cn1cc(CS)nn1. The van der Waals surface area contributed by atoms with Crippen molar-refractivity contribution in [2.75, 3.05) is 20.3 Å². The predicted octanol–water partition coefficient (Wildman–Crippen LogP) is 11.8. The summed E-state index contributed by atoms with van der Waals surface area (Å²) in [5.74, 6) is 1.26. The van der Waals surface area contributed by atoms with Gasteiger partial charge in [-0.15, -0.1) is 40.8 Å². The lowest BCUT2D eigenvalue weighted by atomic mass is 10.4. The van der Waals surface area contributed by atoms with Crippen LogP contribution in [0.4, 0.5) is 0 Å². The van der Waals surface area contributed by atoms with E-state index in [0.29, 0.717) is 31.5 Å². The summed E-state index contributed by atoms with van der Waals surface area (Å²) in [4.78, 5) is 0. The third-order valence-electron chi connectivity index (χ3n) is 8.24. The molecule has 0 unspecified atom stereocenters. The predicted molar refractivity (Wildman–Crippen MR) is 409 cm³/mol. The molecule has 30 nitrogen and oxygen atoms in total. The van der Waals surface area contributed by atoms with Crippen molar-refractivity contribution in [1.82, 2.24) is 141 Å². The van der Waals surface area contributed by atoms with Gasteiger partial charge in [0, 0.05) is 117 Å². The number of allylic oxidation sites excluding steroid dienone is 1. The van der Waals surface area contributed by atoms with Gasteiger partial charge in [-0.25, -0.2) is 14.0 Å². The molecular formula is C60H150N30S2. The van der Waals surface area contributed by atoms with Crippen molar-refractivity contribution in [2.24, 2.45) is 39.7 Å². The highest BCUT2D eigenvalue weighted by atomic mass is 32.1. The minimum Gasteiger partial charge on any atom is -0.394 e. The Bertz CT molecular complexity index is 2310. The van der Waals surface area contributed by atoms with E-state index in [1.54, 1.807) is 49.8 Å². The van der Waals surface area contributed by atoms with E-state index in [1.807, 2.05) is 139 Å². The Morgan fingerprint density at radius 1 is 0.446 bits per heavy atom. The second-order valence-electron chi connectivity index (χ2n) is 15.1. The molecule has 0 saturated heterocycles. The summed E-state index contributed by atoms with van der Waals surface area (Å²) < 4.78 is 13.5. The van der Waals surface area contributed by atoms with Crippen molar-refractivity contribution in [3.05, 3.63) is 120 Å². The van der Waals surface area contributed by atoms with E-state index in [4.69, 9.17) is 11.5 Å². The molecule has 32 heteroatoms. The van der Waals surface area contributed by atoms with E-state index in [-0.39, 0.29) is 134 Å². The highest BCUT2D eigenvalue weighted by molar-refractivity contribution is 7.79. The maximum absolute atomic E-state index is 5.25. The Morgan fingerprint density at radius 2 is 0.815 bits per heavy atom. The molecular weight excluding hydrogens is 1210 g/mol. The van der Waals surface area contributed by atoms with Crippen LogP contribution in [-0.2, 0) is 79.2 Å². The maximum atomic E-state index is 5.25. The molecule has 0 fully saturated rings. The van der Waals surface area contributed by atoms with E-state index in [1.165, 1.54) is 0 Å². The number of aromatic nitrogens is 24. The molecule has 8 aromatic heterocycles. The van der Waals surface area contributed by atoms with Crippen LogP contribution in [0, 0.1) is 27.7 Å². The lowest BCUT2D eigenvalue weighted by Crippen LogP contribution is -2.27. The molecule has 8 heterocycles. The van der Waals surface area contributed by atoms with Crippen molar-refractivity contribution in [2.45, 2.75) is 233 Å². The Hall–Kier alpha value is -7.26. The van der Waals surface area contributed by atoms with Gasteiger partial charge in [0.05, 0.1) is 71.4 Å². The minimum atomic E-state index is 0. The molecule has 0 amide bonds. The highest BCUT2D eigenvalue weighted by Gasteiger charge is 1.97. The fourth-order valence-electron chi connectivity index (χ4n) is 4.84. The van der Waals surface area contributed by atoms with Gasteiger partial charge in [-0.3, -0.25) is 28.7 Å². The van der Waals surface area contributed by atoms with E-state index in [2.05, 4.69) is 136 Å². The zero-order chi connectivity index (χ0) is 54.9. The Balaban J connectivity index is -0.0000000417. The van der Waals surface area contributed by atoms with Gasteiger partial charge in [-0.2, -0.15) is 25.3 Å². The van der Waals surface area contributed by atoms with Gasteiger partial charge in [0.1, 0.15) is 0 Å². The van der Waals surface area contributed by atoms with Gasteiger partial charge in [-0.1, -0.05) is 194 Å². The summed E-state index contributed by atoms with van der Waals surface area (Å²) >= 11 is 7.99. The third kappa shape index (κ3) is 67.1. The topological polar surface area (TPSA) is 346 Å². The van der Waals surface area contributed by atoms with Crippen molar-refractivity contribution >= 4 is 25.3 Å². The van der Waals surface area contributed by atoms with E-state index >= 15 is 0 Å². The first kappa shape index (κ1) is 133. The number of nitrogens with zero attached hydrogens (tertiary/aromatic N) is 24. The van der Waals surface area contributed by atoms with Gasteiger partial charge < -0.3 is 27.4 Å². The first-order valence-corrected chi connectivity index (χ1v) is 24.5. The van der Waals surface area contributed by atoms with Crippen molar-refractivity contribution in [3.63, 3.8) is 0 Å². The Kier molecular flexibility index (Phi) is 121. The largest absolute Gasteiger partial charge is 0.394 e. The van der Waals surface area contributed by atoms with Gasteiger partial charge in [-0.05, 0) is 60.4 Å². The summed E-state index contributed by atoms with van der Waals surface area (Å²) in [6, 6.07) is 0. The number of hydrogen-bond acceptors (Lipinski definition) is 24. The average molecular weight is 1360 g/mol. The van der Waals surface area contributed by atoms with Crippen LogP contribution < -0.4 is 32.7 Å². The Labute approximate surface area is 576 Å². The summed E-state index contributed by atoms with van der Waals surface area (Å²) in [7, 11) is 9.24. The summed E-state index contributed by atoms with van der Waals surface area (Å²) in [5.41, 5.74) is 18.0. The van der Waals surface area contributed by atoms with Crippen LogP contribution in [0.3, 0.4) is 0 Å². The summed E-state index contributed by atoms with van der Waals surface area (Å²) in [6.45, 7) is 18.4. The van der Waals surface area contributed by atoms with Crippen LogP contribution in [-0.4, -0.2) is 140 Å². The Morgan fingerprint density at radius 3 is 1.05 bits per heavy atom. The second kappa shape index (κ2) is 83.7. The standard InChI is InChI=1S/2C8H15N5.2C5H9N3.2C4H8N4.2C4H7N3S.18CH4/c1-9-4-3-5-10-6-8-7-13(2)12-11-8;1-3-4-9-6-10-7-13-5-8(2)11-12-13;1-3-5-4-8(2)7-6-5;1-3-8-4-5(2)6-7-8;1-8-3-4(2-5)6-7-8;1-4-2-8(3-5)7-6-4;1-7-2-4(3-8)5-6-7;1-4-2-7(3-8)6-5-4;;;;;;;;;;;;;;;;;;/h3-4,7,9-10H,5-6H2,1-2H3;3-5,9-10H,6-7H2,1-2H3;2*4H,3H2,1-2H3;3H,2,5H2,1H3;2H,3,5H2,1H3;2*2,8H,3H2,1H3;18*1H4/b2*4-3+;;;;;;;;;;;;;;;;;;;;;;;;. The molecule has 0 bridgehead atoms. The van der Waals surface area contributed by atoms with Crippen LogP contribution in [0.1, 0.15) is 200 Å². The highest BCUT2D eigenvalue weighted by Crippen LogP contribution is 1.95. The second-order valence-corrected chi connectivity index (χ2v) is 15.7. The molecule has 0 spiro atoms. The normalized spacial score (nSPS) is 8.17. The number of aryl methyl sites for hydroxylation is 10. The van der Waals surface area contributed by atoms with Gasteiger partial charge in [0.15, 0.2) is 0 Å². The van der Waals surface area contributed by atoms with Crippen molar-refractivity contribution in [3.8, 4) is 0 Å². The lowest BCUT2D eigenvalue weighted by Gasteiger charge is -2.03. The van der Waals surface area contributed by atoms with Crippen LogP contribution in [0.15, 0.2) is 74.1 Å². The molecule has 0 aliphatic heterocycles. The molecule has 0 aromatic carbocycles. The number of nitrogens with two attached hydrogens (primary N) is 2. The molecule has 0 aliphatic rings. The number of rotatable bonds is 16. The molecule has 8 rings (SSSR count). The van der Waals surface area contributed by atoms with Crippen LogP contribution in [0.2, 0.25) is 0 Å². The van der Waals surface area contributed by atoms with Crippen molar-refractivity contribution in [1.29, 1.82) is 0 Å². The van der Waals surface area contributed by atoms with E-state index in [0.717, 1.165) is 78.3 Å². The smallest absolute Gasteiger partial charge is 0.0964 e. The van der Waals surface area contributed by atoms with Gasteiger partial charge >= 0.3 is 0 Å². The molecule has 552 valence electrons. The first-order valence-electron chi connectivity index (χ1n) is 23.2. The van der Waals surface area contributed by atoms with E-state index < -0.39 is 0 Å². The quantitative estimate of drug-likeness (QED) is 0.0253. The van der Waals surface area contributed by atoms with Crippen LogP contribution >= 0.6 is 25.3 Å². The maximum Gasteiger partial charge on any atom is 0.0964 e. The van der Waals surface area contributed by atoms with Gasteiger partial charge in [0.25, 0.3) is 0 Å². The summed E-state index contributed by atoms with van der Waals surface area (Å²) in [6.07, 6.45) is 23.6. The fourth-order valence-corrected chi connectivity index (χ4v) is 5.12. The molecule has 0 radical (unpaired) electrons. The van der Waals surface area contributed by atoms with Crippen LogP contribution in [0.25, 0.3) is 0 Å². The molecule has 0 saturated carbocycles. The minimum absolute atomic E-state index is 0. The summed E-state index contributed by atoms with van der Waals surface area (Å²) in [5, 5.41) is 72.8. The molecule has 8 N–H and O–H groups in total. The molecule has 0 aliphatic carbocycles. The van der Waals surface area contributed by atoms with E-state index in [9.17, 15) is 0 Å². The van der Waals surface area contributed by atoms with Gasteiger partial charge in [0.2, 0.25) is 0 Å². The average Bonchev–Trinajstić information content (AvgIpc) is 4.27. The molecule has 0 atom stereocenters. The number of nitrogens with one attached hydrogen (secondary N) is 4. The fraction of sp³-hybridized carbons (Fsp3) is 0.667. The van der Waals surface area contributed by atoms with Crippen molar-refractivity contribution < 1.29 is 0 Å². The first-order chi connectivity index (χ1) is 35.6. The number of thiol groups is 2. The van der Waals surface area contributed by atoms with Crippen LogP contribution in [0.5, 0.6) is 0 Å². The number of hydrogen-bond donors (Lipinski definition) is 8. The third-order valence-corrected chi connectivity index (χ3v) is 8.85. The lowest BCUT2D eigenvalue weighted by molar-refractivity contribution is 0.489.